The van der Waals surface area contributed by atoms with Crippen molar-refractivity contribution in [2.24, 2.45) is 5.92 Å². The second kappa shape index (κ2) is 10.3. The Balaban J connectivity index is 1.60. The van der Waals surface area contributed by atoms with E-state index in [4.69, 9.17) is 4.74 Å². The summed E-state index contributed by atoms with van der Waals surface area (Å²) in [5, 5.41) is 2.98. The fourth-order valence-corrected chi connectivity index (χ4v) is 11.2. The molecule has 3 aliphatic rings. The number of rotatable bonds is 6. The van der Waals surface area contributed by atoms with Gasteiger partial charge in [-0.1, -0.05) is 50.3 Å². The molecular formula is C26H40N2O6S2. The van der Waals surface area contributed by atoms with Crippen molar-refractivity contribution in [3.8, 4) is 0 Å². The zero-order chi connectivity index (χ0) is 26.2. The maximum atomic E-state index is 13.5. The van der Waals surface area contributed by atoms with Crippen LogP contribution >= 0.6 is 0 Å². The maximum Gasteiger partial charge on any atom is 0.324 e. The fourth-order valence-electron chi connectivity index (χ4n) is 6.22. The summed E-state index contributed by atoms with van der Waals surface area (Å²) in [6.45, 7) is 5.05. The topological polar surface area (TPSA) is 110 Å². The lowest BCUT2D eigenvalue weighted by Gasteiger charge is -2.36. The van der Waals surface area contributed by atoms with Crippen molar-refractivity contribution in [2.75, 3.05) is 16.8 Å². The first kappa shape index (κ1) is 27.4. The average molecular weight is 541 g/mol. The van der Waals surface area contributed by atoms with E-state index in [9.17, 15) is 21.6 Å². The van der Waals surface area contributed by atoms with Crippen LogP contribution in [0.2, 0.25) is 0 Å². The molecule has 2 saturated heterocycles. The number of hydrogen-bond donors (Lipinski definition) is 1. The smallest absolute Gasteiger partial charge is 0.324 e. The number of benzene rings is 1. The normalized spacial score (nSPS) is 29.0. The molecule has 1 aromatic rings. The molecule has 1 aliphatic carbocycles. The predicted octanol–water partition coefficient (Wildman–Crippen LogP) is 4.72. The molecule has 202 valence electrons. The molecule has 3 fully saturated rings. The van der Waals surface area contributed by atoms with Crippen LogP contribution in [0.1, 0.15) is 78.6 Å². The Hall–Kier alpha value is -1.65. The van der Waals surface area contributed by atoms with E-state index >= 15 is 0 Å². The molecule has 0 spiro atoms. The van der Waals surface area contributed by atoms with E-state index in [2.05, 4.69) is 5.32 Å². The van der Waals surface area contributed by atoms with Gasteiger partial charge in [0.2, 0.25) is 0 Å². The number of carbonyl (C=O) groups excluding carboxylic acids is 1. The van der Waals surface area contributed by atoms with Gasteiger partial charge in [0.15, 0.2) is 23.8 Å². The standard InChI is InChI=1S/C26H40N2O6S2/c1-25(2)28(24(29)27-21-13-8-5-9-14-21)22(19-20-11-6-4-7-12-20)23(34-25)15-16-26(3)35(30,31)17-10-18-36(26,32)33/h5,8-9,13-14,20,22-23H,4,6-7,10-12,15-19H2,1-3H3,(H,27,29)/t22-,23-/m0/s1. The molecule has 2 heterocycles. The number of nitrogens with one attached hydrogen (secondary N) is 1. The van der Waals surface area contributed by atoms with E-state index in [0.717, 1.165) is 32.1 Å². The molecule has 1 saturated carbocycles. The van der Waals surface area contributed by atoms with E-state index in [1.54, 1.807) is 4.90 Å². The molecule has 2 atom stereocenters. The van der Waals surface area contributed by atoms with Crippen molar-refractivity contribution in [1.29, 1.82) is 0 Å². The SMILES string of the molecule is CC1(C)O[C@@H](CCC2(C)S(=O)(=O)CCCS2(=O)=O)[C@H](CC2CCCCC2)N1C(=O)Nc1ccccc1. The monoisotopic (exact) mass is 540 g/mol. The summed E-state index contributed by atoms with van der Waals surface area (Å²) in [5.41, 5.74) is -0.237. The van der Waals surface area contributed by atoms with Crippen molar-refractivity contribution in [1.82, 2.24) is 4.90 Å². The predicted molar refractivity (Wildman–Crippen MR) is 141 cm³/mol. The Morgan fingerprint density at radius 2 is 1.58 bits per heavy atom. The lowest BCUT2D eigenvalue weighted by molar-refractivity contribution is -0.0610. The number of nitrogens with zero attached hydrogens (tertiary/aromatic N) is 1. The summed E-state index contributed by atoms with van der Waals surface area (Å²) in [6.07, 6.45) is 6.41. The van der Waals surface area contributed by atoms with Gasteiger partial charge >= 0.3 is 6.03 Å². The van der Waals surface area contributed by atoms with E-state index in [0.29, 0.717) is 11.6 Å². The van der Waals surface area contributed by atoms with Gasteiger partial charge in [-0.05, 0) is 64.5 Å². The lowest BCUT2D eigenvalue weighted by Crippen LogP contribution is -2.52. The first-order chi connectivity index (χ1) is 16.9. The van der Waals surface area contributed by atoms with Crippen LogP contribution < -0.4 is 5.32 Å². The second-order valence-electron chi connectivity index (χ2n) is 11.2. The maximum absolute atomic E-state index is 13.5. The third-order valence-corrected chi connectivity index (χ3v) is 14.6. The zero-order valence-corrected chi connectivity index (χ0v) is 23.2. The van der Waals surface area contributed by atoms with Gasteiger partial charge in [0.25, 0.3) is 0 Å². The summed E-state index contributed by atoms with van der Waals surface area (Å²) in [4.78, 5) is 15.3. The summed E-state index contributed by atoms with van der Waals surface area (Å²) < 4.78 is 56.3. The third kappa shape index (κ3) is 5.31. The van der Waals surface area contributed by atoms with E-state index in [1.165, 1.54) is 13.3 Å². The van der Waals surface area contributed by atoms with Gasteiger partial charge in [0, 0.05) is 5.69 Å². The Bertz CT molecular complexity index is 1110. The molecule has 10 heteroatoms. The highest BCUT2D eigenvalue weighted by Crippen LogP contribution is 2.43. The lowest BCUT2D eigenvalue weighted by atomic mass is 9.83. The van der Waals surface area contributed by atoms with Crippen LogP contribution in [0.15, 0.2) is 30.3 Å². The minimum absolute atomic E-state index is 0.0340. The minimum atomic E-state index is -3.80. The third-order valence-electron chi connectivity index (χ3n) is 8.35. The van der Waals surface area contributed by atoms with Crippen LogP contribution in [0.25, 0.3) is 0 Å². The van der Waals surface area contributed by atoms with Crippen molar-refractivity contribution in [3.05, 3.63) is 30.3 Å². The van der Waals surface area contributed by atoms with Crippen molar-refractivity contribution >= 4 is 31.4 Å². The summed E-state index contributed by atoms with van der Waals surface area (Å²) in [7, 11) is -7.61. The van der Waals surface area contributed by atoms with Gasteiger partial charge in [-0.25, -0.2) is 21.6 Å². The van der Waals surface area contributed by atoms with E-state index in [1.807, 2.05) is 44.2 Å². The van der Waals surface area contributed by atoms with Crippen LogP contribution in [0, 0.1) is 5.92 Å². The van der Waals surface area contributed by atoms with E-state index < -0.39 is 35.6 Å². The number of hydrogen-bond acceptors (Lipinski definition) is 6. The molecule has 0 radical (unpaired) electrons. The number of anilines is 1. The zero-order valence-electron chi connectivity index (χ0n) is 21.6. The van der Waals surface area contributed by atoms with Gasteiger partial charge < -0.3 is 10.1 Å². The second-order valence-corrected chi connectivity index (χ2v) is 16.6. The Labute approximate surface area is 216 Å². The van der Waals surface area contributed by atoms with E-state index in [-0.39, 0.29) is 42.8 Å². The Morgan fingerprint density at radius 3 is 2.19 bits per heavy atom. The van der Waals surface area contributed by atoms with Crippen LogP contribution in [-0.2, 0) is 24.4 Å². The fraction of sp³-hybridized carbons (Fsp3) is 0.731. The molecule has 8 nitrogen and oxygen atoms in total. The van der Waals surface area contributed by atoms with Gasteiger partial charge in [-0.15, -0.1) is 0 Å². The van der Waals surface area contributed by atoms with Crippen LogP contribution in [0.3, 0.4) is 0 Å². The molecular weight excluding hydrogens is 500 g/mol. The van der Waals surface area contributed by atoms with Crippen LogP contribution in [0.5, 0.6) is 0 Å². The molecule has 36 heavy (non-hydrogen) atoms. The molecule has 2 amide bonds. The van der Waals surface area contributed by atoms with Crippen LogP contribution in [-0.4, -0.2) is 61.2 Å². The number of sulfone groups is 2. The number of para-hydroxylation sites is 1. The largest absolute Gasteiger partial charge is 0.351 e. The Kier molecular flexibility index (Phi) is 7.80. The molecule has 1 N–H and O–H groups in total. The van der Waals surface area contributed by atoms with Gasteiger partial charge in [-0.2, -0.15) is 0 Å². The summed E-state index contributed by atoms with van der Waals surface area (Å²) in [6, 6.07) is 8.71. The first-order valence-electron chi connectivity index (χ1n) is 13.1. The highest BCUT2D eigenvalue weighted by molar-refractivity contribution is 8.10. The molecule has 1 aromatic carbocycles. The van der Waals surface area contributed by atoms with Gasteiger partial charge in [-0.3, -0.25) is 4.90 Å². The minimum Gasteiger partial charge on any atom is -0.351 e. The molecule has 0 aromatic heterocycles. The molecule has 0 unspecified atom stereocenters. The number of ether oxygens (including phenoxy) is 1. The first-order valence-corrected chi connectivity index (χ1v) is 16.4. The van der Waals surface area contributed by atoms with Crippen molar-refractivity contribution < 1.29 is 26.4 Å². The van der Waals surface area contributed by atoms with Crippen LogP contribution in [0.4, 0.5) is 10.5 Å². The van der Waals surface area contributed by atoms with Crippen molar-refractivity contribution in [3.63, 3.8) is 0 Å². The molecule has 4 rings (SSSR count). The Morgan fingerprint density at radius 1 is 0.972 bits per heavy atom. The highest BCUT2D eigenvalue weighted by Gasteiger charge is 2.55. The van der Waals surface area contributed by atoms with Crippen molar-refractivity contribution in [2.45, 2.75) is 101 Å². The number of urea groups is 1. The quantitative estimate of drug-likeness (QED) is 0.559. The van der Waals surface area contributed by atoms with Gasteiger partial charge in [0.1, 0.15) is 5.72 Å². The summed E-state index contributed by atoms with van der Waals surface area (Å²) in [5.74, 6) is 0.224. The number of amides is 2. The molecule has 0 bridgehead atoms. The molecule has 2 aliphatic heterocycles. The summed E-state index contributed by atoms with van der Waals surface area (Å²) >= 11 is 0. The number of carbonyl (C=O) groups is 1. The highest BCUT2D eigenvalue weighted by atomic mass is 32.3. The van der Waals surface area contributed by atoms with Gasteiger partial charge in [0.05, 0.1) is 23.7 Å². The average Bonchev–Trinajstić information content (AvgIpc) is 3.06.